The number of carbonyl (C=O) groups excluding carboxylic acids is 2. The number of halogens is 1. The molecule has 1 amide bonds. The number of amides is 1. The van der Waals surface area contributed by atoms with Crippen molar-refractivity contribution < 1.29 is 18.7 Å². The van der Waals surface area contributed by atoms with Crippen LogP contribution in [0.1, 0.15) is 30.3 Å². The van der Waals surface area contributed by atoms with Crippen LogP contribution in [-0.2, 0) is 16.1 Å². The van der Waals surface area contributed by atoms with Crippen molar-refractivity contribution in [2.24, 2.45) is 5.92 Å². The fraction of sp³-hybridized carbons (Fsp3) is 0.444. The van der Waals surface area contributed by atoms with Gasteiger partial charge in [-0.1, -0.05) is 6.08 Å². The topological polar surface area (TPSA) is 64.7 Å². The van der Waals surface area contributed by atoms with Crippen LogP contribution in [0.3, 0.4) is 0 Å². The predicted molar refractivity (Wildman–Crippen MR) is 97.4 cm³/mol. The van der Waals surface area contributed by atoms with E-state index in [0.717, 1.165) is 5.52 Å². The zero-order chi connectivity index (χ0) is 18.0. The van der Waals surface area contributed by atoms with Crippen LogP contribution in [0.25, 0.3) is 11.1 Å². The number of furan rings is 1. The van der Waals surface area contributed by atoms with E-state index >= 15 is 0 Å². The molecule has 6 nitrogen and oxygen atoms in total. The maximum atomic E-state index is 13.0. The molecule has 0 aromatic carbocycles. The van der Waals surface area contributed by atoms with Gasteiger partial charge >= 0.3 is 5.97 Å². The highest BCUT2D eigenvalue weighted by Gasteiger charge is 2.30. The number of aromatic nitrogens is 1. The van der Waals surface area contributed by atoms with E-state index in [1.807, 2.05) is 10.6 Å². The third-order valence-electron chi connectivity index (χ3n) is 4.49. The highest BCUT2D eigenvalue weighted by atomic mass is 79.9. The van der Waals surface area contributed by atoms with E-state index in [4.69, 9.17) is 9.15 Å². The number of piperidine rings is 1. The summed E-state index contributed by atoms with van der Waals surface area (Å²) in [7, 11) is 0. The van der Waals surface area contributed by atoms with Crippen LogP contribution in [0.15, 0.2) is 33.9 Å². The number of rotatable bonds is 5. The number of esters is 1. The van der Waals surface area contributed by atoms with Gasteiger partial charge in [0.15, 0.2) is 10.3 Å². The van der Waals surface area contributed by atoms with E-state index in [9.17, 15) is 9.59 Å². The van der Waals surface area contributed by atoms with Gasteiger partial charge in [-0.3, -0.25) is 9.59 Å². The second kappa shape index (κ2) is 7.47. The van der Waals surface area contributed by atoms with Gasteiger partial charge < -0.3 is 18.6 Å². The molecule has 1 saturated heterocycles. The van der Waals surface area contributed by atoms with E-state index in [1.54, 1.807) is 24.0 Å². The number of nitrogens with zero attached hydrogens (tertiary/aromatic N) is 2. The Hall–Kier alpha value is -2.02. The van der Waals surface area contributed by atoms with Crippen LogP contribution in [0.5, 0.6) is 0 Å². The summed E-state index contributed by atoms with van der Waals surface area (Å²) in [6, 6.07) is 3.62. The summed E-state index contributed by atoms with van der Waals surface area (Å²) in [4.78, 5) is 26.6. The maximum absolute atomic E-state index is 13.0. The van der Waals surface area contributed by atoms with Crippen LogP contribution in [0.2, 0.25) is 0 Å². The summed E-state index contributed by atoms with van der Waals surface area (Å²) in [5.74, 6) is -0.324. The Kier molecular flexibility index (Phi) is 5.32. The van der Waals surface area contributed by atoms with E-state index in [2.05, 4.69) is 22.5 Å². The molecular weight excluding hydrogens is 388 g/mol. The second-order valence-electron chi connectivity index (χ2n) is 6.05. The molecule has 0 aliphatic carbocycles. The molecular formula is C18H21BrN2O4. The molecule has 2 aromatic rings. The third kappa shape index (κ3) is 3.51. The predicted octanol–water partition coefficient (Wildman–Crippen LogP) is 3.60. The lowest BCUT2D eigenvalue weighted by Crippen LogP contribution is -2.41. The lowest BCUT2D eigenvalue weighted by molar-refractivity contribution is -0.149. The number of ether oxygens (including phenoxy) is 1. The summed E-state index contributed by atoms with van der Waals surface area (Å²) < 4.78 is 13.2. The van der Waals surface area contributed by atoms with Crippen LogP contribution in [-0.4, -0.2) is 41.0 Å². The van der Waals surface area contributed by atoms with Gasteiger partial charge in [-0.2, -0.15) is 0 Å². The largest absolute Gasteiger partial charge is 0.466 e. The van der Waals surface area contributed by atoms with Gasteiger partial charge in [0.1, 0.15) is 5.69 Å². The van der Waals surface area contributed by atoms with E-state index in [0.29, 0.717) is 55.0 Å². The number of likely N-dealkylation sites (tertiary alicyclic amines) is 1. The van der Waals surface area contributed by atoms with Crippen molar-refractivity contribution in [2.45, 2.75) is 26.3 Å². The lowest BCUT2D eigenvalue weighted by atomic mass is 9.97. The van der Waals surface area contributed by atoms with Crippen LogP contribution >= 0.6 is 15.9 Å². The standard InChI is InChI=1S/C18H21BrN2O4/c1-3-7-21-13-11-16(19)25-15(13)10-14(21)17(22)20-8-5-12(6-9-20)18(23)24-4-2/h3,10-12H,1,4-9H2,2H3. The maximum Gasteiger partial charge on any atom is 0.309 e. The molecule has 0 saturated carbocycles. The Morgan fingerprint density at radius 2 is 2.12 bits per heavy atom. The average Bonchev–Trinajstić information content (AvgIpc) is 3.12. The molecule has 1 aliphatic rings. The summed E-state index contributed by atoms with van der Waals surface area (Å²) in [5.41, 5.74) is 2.10. The van der Waals surface area contributed by atoms with Crippen molar-refractivity contribution in [2.75, 3.05) is 19.7 Å². The molecule has 3 rings (SSSR count). The van der Waals surface area contributed by atoms with Crippen molar-refractivity contribution in [1.29, 1.82) is 0 Å². The first-order chi connectivity index (χ1) is 12.0. The minimum Gasteiger partial charge on any atom is -0.466 e. The van der Waals surface area contributed by atoms with Gasteiger partial charge in [0.05, 0.1) is 18.0 Å². The third-order valence-corrected chi connectivity index (χ3v) is 4.88. The van der Waals surface area contributed by atoms with Crippen LogP contribution in [0.4, 0.5) is 0 Å². The molecule has 1 fully saturated rings. The molecule has 3 heterocycles. The van der Waals surface area contributed by atoms with Gasteiger partial charge in [-0.05, 0) is 35.7 Å². The monoisotopic (exact) mass is 408 g/mol. The Morgan fingerprint density at radius 1 is 1.40 bits per heavy atom. The smallest absolute Gasteiger partial charge is 0.309 e. The fourth-order valence-electron chi connectivity index (χ4n) is 3.25. The molecule has 0 spiro atoms. The van der Waals surface area contributed by atoms with Gasteiger partial charge in [0, 0.05) is 31.8 Å². The first-order valence-corrected chi connectivity index (χ1v) is 9.19. The molecule has 134 valence electrons. The lowest BCUT2D eigenvalue weighted by Gasteiger charge is -2.31. The molecule has 7 heteroatoms. The van der Waals surface area contributed by atoms with Crippen molar-refractivity contribution in [1.82, 2.24) is 9.47 Å². The Labute approximate surface area is 154 Å². The first-order valence-electron chi connectivity index (χ1n) is 8.40. The highest BCUT2D eigenvalue weighted by molar-refractivity contribution is 9.10. The number of hydrogen-bond acceptors (Lipinski definition) is 4. The molecule has 25 heavy (non-hydrogen) atoms. The molecule has 0 radical (unpaired) electrons. The Morgan fingerprint density at radius 3 is 2.76 bits per heavy atom. The molecule has 2 aromatic heterocycles. The van der Waals surface area contributed by atoms with E-state index < -0.39 is 0 Å². The molecule has 0 atom stereocenters. The number of allylic oxidation sites excluding steroid dienone is 1. The Bertz CT molecular complexity index is 799. The molecule has 0 N–H and O–H groups in total. The van der Waals surface area contributed by atoms with Gasteiger partial charge in [-0.25, -0.2) is 0 Å². The zero-order valence-corrected chi connectivity index (χ0v) is 15.8. The fourth-order valence-corrected chi connectivity index (χ4v) is 3.65. The molecule has 0 bridgehead atoms. The number of fused-ring (bicyclic) bond motifs is 1. The van der Waals surface area contributed by atoms with Crippen molar-refractivity contribution >= 4 is 38.9 Å². The summed E-state index contributed by atoms with van der Waals surface area (Å²) in [5, 5.41) is 0. The van der Waals surface area contributed by atoms with Crippen LogP contribution in [0, 0.1) is 5.92 Å². The minimum atomic E-state index is -0.160. The normalized spacial score (nSPS) is 15.5. The summed E-state index contributed by atoms with van der Waals surface area (Å²) in [6.07, 6.45) is 3.02. The van der Waals surface area contributed by atoms with Crippen molar-refractivity contribution in [3.05, 3.63) is 35.2 Å². The average molecular weight is 409 g/mol. The second-order valence-corrected chi connectivity index (χ2v) is 6.83. The Balaban J connectivity index is 1.76. The van der Waals surface area contributed by atoms with E-state index in [1.165, 1.54) is 0 Å². The SMILES string of the molecule is C=CCn1c(C(=O)N2CCC(C(=O)OCC)CC2)cc2oc(Br)cc21. The van der Waals surface area contributed by atoms with Crippen LogP contribution < -0.4 is 0 Å². The summed E-state index contributed by atoms with van der Waals surface area (Å²) >= 11 is 3.32. The van der Waals surface area contributed by atoms with Gasteiger partial charge in [0.2, 0.25) is 0 Å². The summed E-state index contributed by atoms with van der Waals surface area (Å²) in [6.45, 7) is 7.58. The quantitative estimate of drug-likeness (QED) is 0.559. The highest BCUT2D eigenvalue weighted by Crippen LogP contribution is 2.29. The minimum absolute atomic E-state index is 0.0494. The van der Waals surface area contributed by atoms with Gasteiger partial charge in [-0.15, -0.1) is 6.58 Å². The number of carbonyl (C=O) groups is 2. The zero-order valence-electron chi connectivity index (χ0n) is 14.2. The molecule has 1 aliphatic heterocycles. The number of hydrogen-bond donors (Lipinski definition) is 0. The van der Waals surface area contributed by atoms with Crippen molar-refractivity contribution in [3.8, 4) is 0 Å². The van der Waals surface area contributed by atoms with Gasteiger partial charge in [0.25, 0.3) is 5.91 Å². The van der Waals surface area contributed by atoms with Crippen molar-refractivity contribution in [3.63, 3.8) is 0 Å². The molecule has 0 unspecified atom stereocenters. The first kappa shape index (κ1) is 17.8. The van der Waals surface area contributed by atoms with E-state index in [-0.39, 0.29) is 17.8 Å².